The smallest absolute Gasteiger partial charge is 0.253 e. The summed E-state index contributed by atoms with van der Waals surface area (Å²) in [5.74, 6) is -0.688. The monoisotopic (exact) mass is 265 g/mol. The van der Waals surface area contributed by atoms with Gasteiger partial charge in [-0.2, -0.15) is 0 Å². The van der Waals surface area contributed by atoms with Gasteiger partial charge in [0.25, 0.3) is 5.91 Å². The number of halogens is 1. The Labute approximate surface area is 107 Å². The van der Waals surface area contributed by atoms with Gasteiger partial charge in [0.2, 0.25) is 5.91 Å². The van der Waals surface area contributed by atoms with E-state index in [1.807, 2.05) is 13.8 Å². The first-order valence-corrected chi connectivity index (χ1v) is 5.43. The molecule has 7 heteroatoms. The van der Waals surface area contributed by atoms with E-state index in [4.69, 9.17) is 10.5 Å². The van der Waals surface area contributed by atoms with Gasteiger partial charge < -0.3 is 20.7 Å². The molecule has 1 rings (SSSR count). The number of nitrogens with zero attached hydrogens (tertiary/aromatic N) is 1. The molecule has 1 aliphatic heterocycles. The topological polar surface area (TPSA) is 84.7 Å². The summed E-state index contributed by atoms with van der Waals surface area (Å²) in [4.78, 5) is 24.3. The summed E-state index contributed by atoms with van der Waals surface area (Å²) in [5.41, 5.74) is 5.11. The fourth-order valence-corrected chi connectivity index (χ4v) is 1.59. The number of nitrogens with one attached hydrogen (secondary N) is 1. The van der Waals surface area contributed by atoms with Crippen LogP contribution in [-0.2, 0) is 14.3 Å². The van der Waals surface area contributed by atoms with Gasteiger partial charge in [-0.3, -0.25) is 9.59 Å². The molecule has 0 spiro atoms. The molecule has 1 atom stereocenters. The summed E-state index contributed by atoms with van der Waals surface area (Å²) in [5, 5.41) is 3.07. The van der Waals surface area contributed by atoms with Crippen molar-refractivity contribution < 1.29 is 14.3 Å². The highest BCUT2D eigenvalue weighted by Crippen LogP contribution is 2.06. The fraction of sp³-hybridized carbons (Fsp3) is 0.800. The molecule has 1 fully saturated rings. The molecule has 0 radical (unpaired) electrons. The van der Waals surface area contributed by atoms with Crippen LogP contribution in [0.3, 0.4) is 0 Å². The summed E-state index contributed by atoms with van der Waals surface area (Å²) in [6, 6.07) is -0.0643. The molecule has 2 amide bonds. The molecular formula is C10H20ClN3O3. The lowest BCUT2D eigenvalue weighted by molar-refractivity contribution is -0.149. The molecule has 17 heavy (non-hydrogen) atoms. The molecule has 0 aliphatic carbocycles. The standard InChI is InChI=1S/C10H19N3O3.ClH/c1-7(2)13(6-9(11)14)10(15)8-5-12-3-4-16-8;/h7-8,12H,3-6H2,1-2H3,(H2,11,14);1H. The predicted octanol–water partition coefficient (Wildman–Crippen LogP) is -0.881. The molecule has 0 aromatic heterocycles. The first-order valence-electron chi connectivity index (χ1n) is 5.43. The number of hydrogen-bond donors (Lipinski definition) is 2. The van der Waals surface area contributed by atoms with Crippen molar-refractivity contribution >= 4 is 24.2 Å². The van der Waals surface area contributed by atoms with E-state index >= 15 is 0 Å². The van der Waals surface area contributed by atoms with Crippen molar-refractivity contribution in [3.8, 4) is 0 Å². The second-order valence-corrected chi connectivity index (χ2v) is 4.09. The van der Waals surface area contributed by atoms with Gasteiger partial charge in [0.15, 0.2) is 0 Å². The minimum atomic E-state index is -0.509. The van der Waals surface area contributed by atoms with E-state index in [2.05, 4.69) is 5.32 Å². The first kappa shape index (κ1) is 16.1. The van der Waals surface area contributed by atoms with E-state index in [1.54, 1.807) is 0 Å². The number of morpholine rings is 1. The van der Waals surface area contributed by atoms with Crippen molar-refractivity contribution in [3.05, 3.63) is 0 Å². The zero-order chi connectivity index (χ0) is 12.1. The number of hydrogen-bond acceptors (Lipinski definition) is 4. The molecule has 100 valence electrons. The summed E-state index contributed by atoms with van der Waals surface area (Å²) >= 11 is 0. The quantitative estimate of drug-likeness (QED) is 0.691. The van der Waals surface area contributed by atoms with Gasteiger partial charge in [0.05, 0.1) is 13.2 Å². The van der Waals surface area contributed by atoms with Crippen LogP contribution in [0.5, 0.6) is 0 Å². The van der Waals surface area contributed by atoms with Crippen LogP contribution < -0.4 is 11.1 Å². The minimum Gasteiger partial charge on any atom is -0.368 e. The second-order valence-electron chi connectivity index (χ2n) is 4.09. The number of nitrogens with two attached hydrogens (primary N) is 1. The van der Waals surface area contributed by atoms with Crippen molar-refractivity contribution in [3.63, 3.8) is 0 Å². The Morgan fingerprint density at radius 2 is 2.18 bits per heavy atom. The van der Waals surface area contributed by atoms with Crippen LogP contribution in [0.2, 0.25) is 0 Å². The molecule has 0 aromatic carbocycles. The van der Waals surface area contributed by atoms with Gasteiger partial charge in [-0.05, 0) is 13.8 Å². The number of carbonyl (C=O) groups is 2. The summed E-state index contributed by atoms with van der Waals surface area (Å²) in [6.45, 7) is 5.38. The predicted molar refractivity (Wildman–Crippen MR) is 65.9 cm³/mol. The highest BCUT2D eigenvalue weighted by atomic mass is 35.5. The fourth-order valence-electron chi connectivity index (χ4n) is 1.59. The van der Waals surface area contributed by atoms with Gasteiger partial charge >= 0.3 is 0 Å². The van der Waals surface area contributed by atoms with E-state index in [1.165, 1.54) is 4.90 Å². The highest BCUT2D eigenvalue weighted by molar-refractivity contribution is 5.86. The van der Waals surface area contributed by atoms with Gasteiger partial charge in [-0.15, -0.1) is 12.4 Å². The van der Waals surface area contributed by atoms with Crippen molar-refractivity contribution in [2.45, 2.75) is 26.0 Å². The Hall–Kier alpha value is -0.850. The number of primary amides is 1. The maximum atomic E-state index is 12.0. The van der Waals surface area contributed by atoms with E-state index in [9.17, 15) is 9.59 Å². The molecule has 6 nitrogen and oxygen atoms in total. The molecule has 1 unspecified atom stereocenters. The van der Waals surface area contributed by atoms with Crippen molar-refractivity contribution in [2.24, 2.45) is 5.73 Å². The van der Waals surface area contributed by atoms with Gasteiger partial charge in [-0.1, -0.05) is 0 Å². The third-order valence-electron chi connectivity index (χ3n) is 2.44. The third kappa shape index (κ3) is 4.89. The average Bonchev–Trinajstić information content (AvgIpc) is 2.25. The Balaban J connectivity index is 0.00000256. The van der Waals surface area contributed by atoms with Gasteiger partial charge in [0, 0.05) is 19.1 Å². The van der Waals surface area contributed by atoms with Crippen molar-refractivity contribution in [1.29, 1.82) is 0 Å². The second kappa shape index (κ2) is 7.47. The summed E-state index contributed by atoms with van der Waals surface area (Å²) in [7, 11) is 0. The molecule has 3 N–H and O–H groups in total. The van der Waals surface area contributed by atoms with Gasteiger partial charge in [0.1, 0.15) is 6.10 Å². The SMILES string of the molecule is CC(C)N(CC(N)=O)C(=O)C1CNCCO1.Cl. The Bertz CT molecular complexity index is 268. The highest BCUT2D eigenvalue weighted by Gasteiger charge is 2.29. The van der Waals surface area contributed by atoms with E-state index in [0.29, 0.717) is 13.2 Å². The molecule has 0 aromatic rings. The number of rotatable bonds is 4. The molecule has 1 saturated heterocycles. The molecule has 1 heterocycles. The van der Waals surface area contributed by atoms with Crippen LogP contribution in [0.4, 0.5) is 0 Å². The van der Waals surface area contributed by atoms with Crippen LogP contribution >= 0.6 is 12.4 Å². The Morgan fingerprint density at radius 3 is 2.59 bits per heavy atom. The summed E-state index contributed by atoms with van der Waals surface area (Å²) in [6.07, 6.45) is -0.504. The lowest BCUT2D eigenvalue weighted by atomic mass is 10.2. The molecule has 0 saturated carbocycles. The van der Waals surface area contributed by atoms with Crippen LogP contribution in [0, 0.1) is 0 Å². The molecule has 0 bridgehead atoms. The minimum absolute atomic E-state index is 0. The number of ether oxygens (including phenoxy) is 1. The average molecular weight is 266 g/mol. The lowest BCUT2D eigenvalue weighted by Gasteiger charge is -2.31. The third-order valence-corrected chi connectivity index (χ3v) is 2.44. The van der Waals surface area contributed by atoms with Crippen LogP contribution in [-0.4, -0.2) is 55.1 Å². The van der Waals surface area contributed by atoms with E-state index in [0.717, 1.165) is 6.54 Å². The van der Waals surface area contributed by atoms with Crippen LogP contribution in [0.25, 0.3) is 0 Å². The maximum absolute atomic E-state index is 12.0. The van der Waals surface area contributed by atoms with E-state index < -0.39 is 12.0 Å². The number of carbonyl (C=O) groups excluding carboxylic acids is 2. The molecular weight excluding hydrogens is 246 g/mol. The molecule has 1 aliphatic rings. The van der Waals surface area contributed by atoms with Crippen molar-refractivity contribution in [2.75, 3.05) is 26.2 Å². The van der Waals surface area contributed by atoms with E-state index in [-0.39, 0.29) is 30.9 Å². The Kier molecular flexibility index (Phi) is 7.10. The first-order chi connectivity index (χ1) is 7.52. The normalized spacial score (nSPS) is 19.6. The van der Waals surface area contributed by atoms with Gasteiger partial charge in [-0.25, -0.2) is 0 Å². The van der Waals surface area contributed by atoms with Crippen molar-refractivity contribution in [1.82, 2.24) is 10.2 Å². The number of amides is 2. The zero-order valence-electron chi connectivity index (χ0n) is 10.1. The maximum Gasteiger partial charge on any atom is 0.253 e. The lowest BCUT2D eigenvalue weighted by Crippen LogP contribution is -2.53. The van der Waals surface area contributed by atoms with Crippen LogP contribution in [0.1, 0.15) is 13.8 Å². The zero-order valence-corrected chi connectivity index (χ0v) is 11.0. The largest absolute Gasteiger partial charge is 0.368 e. The summed E-state index contributed by atoms with van der Waals surface area (Å²) < 4.78 is 5.35. The van der Waals surface area contributed by atoms with Crippen LogP contribution in [0.15, 0.2) is 0 Å². The Morgan fingerprint density at radius 1 is 1.53 bits per heavy atom.